The van der Waals surface area contributed by atoms with Crippen LogP contribution >= 0.6 is 35.0 Å². The third kappa shape index (κ3) is 1.81. The van der Waals surface area contributed by atoms with E-state index in [9.17, 15) is 0 Å². The highest BCUT2D eigenvalue weighted by Gasteiger charge is 2.30. The standard InChI is InChI=1S/C11H10Cl2N2S/c12-8-2-1-7(5-9(8)13)10-6-15-3-4-16-11(15)14-10/h1-2,5,10H,3-4,6H2. The van der Waals surface area contributed by atoms with Gasteiger partial charge in [0, 0.05) is 18.8 Å². The summed E-state index contributed by atoms with van der Waals surface area (Å²) in [5.74, 6) is 1.16. The summed E-state index contributed by atoms with van der Waals surface area (Å²) in [5, 5.41) is 2.39. The van der Waals surface area contributed by atoms with E-state index in [1.54, 1.807) is 0 Å². The van der Waals surface area contributed by atoms with Crippen LogP contribution in [0.5, 0.6) is 0 Å². The number of aliphatic imine (C=N–C) groups is 1. The van der Waals surface area contributed by atoms with Gasteiger partial charge in [-0.05, 0) is 17.7 Å². The van der Waals surface area contributed by atoms with Crippen molar-refractivity contribution in [2.75, 3.05) is 18.8 Å². The van der Waals surface area contributed by atoms with Gasteiger partial charge in [0.25, 0.3) is 0 Å². The molecule has 16 heavy (non-hydrogen) atoms. The Balaban J connectivity index is 1.89. The summed E-state index contributed by atoms with van der Waals surface area (Å²) >= 11 is 13.8. The van der Waals surface area contributed by atoms with Crippen LogP contribution in [0.2, 0.25) is 10.0 Å². The van der Waals surface area contributed by atoms with Crippen LogP contribution in [0.4, 0.5) is 0 Å². The van der Waals surface area contributed by atoms with Crippen LogP contribution in [0.3, 0.4) is 0 Å². The molecule has 2 nitrogen and oxygen atoms in total. The highest BCUT2D eigenvalue weighted by molar-refractivity contribution is 8.14. The van der Waals surface area contributed by atoms with Gasteiger partial charge in [0.15, 0.2) is 5.17 Å². The minimum Gasteiger partial charge on any atom is -0.348 e. The van der Waals surface area contributed by atoms with E-state index in [4.69, 9.17) is 28.2 Å². The van der Waals surface area contributed by atoms with Gasteiger partial charge in [0.2, 0.25) is 0 Å². The molecule has 1 aromatic rings. The molecule has 2 aliphatic rings. The number of fused-ring (bicyclic) bond motifs is 1. The lowest BCUT2D eigenvalue weighted by Gasteiger charge is -2.13. The van der Waals surface area contributed by atoms with Crippen molar-refractivity contribution < 1.29 is 0 Å². The Kier molecular flexibility index (Phi) is 2.78. The van der Waals surface area contributed by atoms with E-state index in [1.807, 2.05) is 30.0 Å². The Morgan fingerprint density at radius 1 is 1.31 bits per heavy atom. The van der Waals surface area contributed by atoms with Gasteiger partial charge in [-0.1, -0.05) is 41.0 Å². The minimum atomic E-state index is 0.220. The molecular weight excluding hydrogens is 263 g/mol. The van der Waals surface area contributed by atoms with Crippen molar-refractivity contribution in [2.45, 2.75) is 6.04 Å². The molecule has 2 heterocycles. The second kappa shape index (κ2) is 4.13. The third-order valence-corrected chi connectivity index (χ3v) is 4.60. The Morgan fingerprint density at radius 2 is 2.19 bits per heavy atom. The summed E-state index contributed by atoms with van der Waals surface area (Å²) in [6.07, 6.45) is 0. The summed E-state index contributed by atoms with van der Waals surface area (Å²) in [5.41, 5.74) is 1.15. The number of nitrogens with zero attached hydrogens (tertiary/aromatic N) is 2. The smallest absolute Gasteiger partial charge is 0.160 e. The van der Waals surface area contributed by atoms with Gasteiger partial charge in [-0.25, -0.2) is 0 Å². The molecule has 3 rings (SSSR count). The molecule has 0 aliphatic carbocycles. The molecule has 0 bridgehead atoms. The van der Waals surface area contributed by atoms with Gasteiger partial charge in [0.05, 0.1) is 16.1 Å². The first-order chi connectivity index (χ1) is 7.74. The van der Waals surface area contributed by atoms with Crippen LogP contribution in [0.15, 0.2) is 23.2 Å². The summed E-state index contributed by atoms with van der Waals surface area (Å²) in [4.78, 5) is 7.03. The fraction of sp³-hybridized carbons (Fsp3) is 0.364. The molecule has 84 valence electrons. The topological polar surface area (TPSA) is 15.6 Å². The van der Waals surface area contributed by atoms with E-state index in [-0.39, 0.29) is 6.04 Å². The average Bonchev–Trinajstić information content (AvgIpc) is 2.81. The Hall–Kier alpha value is -0.380. The normalized spacial score (nSPS) is 23.5. The lowest BCUT2D eigenvalue weighted by atomic mass is 10.1. The van der Waals surface area contributed by atoms with E-state index in [0.29, 0.717) is 10.0 Å². The molecule has 1 unspecified atom stereocenters. The summed E-state index contributed by atoms with van der Waals surface area (Å²) in [7, 11) is 0. The molecule has 1 aromatic carbocycles. The number of hydrogen-bond donors (Lipinski definition) is 0. The maximum atomic E-state index is 6.01. The molecule has 5 heteroatoms. The molecule has 0 saturated carbocycles. The molecular formula is C11H10Cl2N2S. The molecule has 0 amide bonds. The first-order valence-corrected chi connectivity index (χ1v) is 6.89. The minimum absolute atomic E-state index is 0.220. The average molecular weight is 273 g/mol. The monoisotopic (exact) mass is 272 g/mol. The van der Waals surface area contributed by atoms with Gasteiger partial charge < -0.3 is 4.90 Å². The van der Waals surface area contributed by atoms with Crippen molar-refractivity contribution in [3.8, 4) is 0 Å². The van der Waals surface area contributed by atoms with Crippen LogP contribution in [-0.2, 0) is 0 Å². The van der Waals surface area contributed by atoms with Gasteiger partial charge in [0.1, 0.15) is 0 Å². The fourth-order valence-corrected chi connectivity index (χ4v) is 3.36. The van der Waals surface area contributed by atoms with E-state index in [0.717, 1.165) is 24.4 Å². The van der Waals surface area contributed by atoms with Gasteiger partial charge in [-0.15, -0.1) is 0 Å². The molecule has 1 fully saturated rings. The quantitative estimate of drug-likeness (QED) is 0.778. The van der Waals surface area contributed by atoms with Gasteiger partial charge >= 0.3 is 0 Å². The second-order valence-corrected chi connectivity index (χ2v) is 5.77. The Labute approximate surface area is 109 Å². The van der Waals surface area contributed by atoms with E-state index >= 15 is 0 Å². The zero-order chi connectivity index (χ0) is 11.1. The van der Waals surface area contributed by atoms with Crippen LogP contribution in [0.1, 0.15) is 11.6 Å². The van der Waals surface area contributed by atoms with E-state index in [1.165, 1.54) is 5.17 Å². The maximum Gasteiger partial charge on any atom is 0.160 e. The van der Waals surface area contributed by atoms with E-state index < -0.39 is 0 Å². The SMILES string of the molecule is Clc1ccc(C2CN3CCSC3=N2)cc1Cl. The first-order valence-electron chi connectivity index (χ1n) is 5.14. The number of amidine groups is 1. The zero-order valence-electron chi connectivity index (χ0n) is 8.49. The molecule has 2 aliphatic heterocycles. The number of benzene rings is 1. The highest BCUT2D eigenvalue weighted by atomic mass is 35.5. The van der Waals surface area contributed by atoms with Gasteiger partial charge in [-0.3, -0.25) is 4.99 Å². The number of thioether (sulfide) groups is 1. The first kappa shape index (κ1) is 10.8. The van der Waals surface area contributed by atoms with Crippen molar-refractivity contribution in [2.24, 2.45) is 4.99 Å². The Bertz CT molecular complexity index is 461. The maximum absolute atomic E-state index is 6.01. The summed E-state index contributed by atoms with van der Waals surface area (Å²) in [6, 6.07) is 5.99. The van der Waals surface area contributed by atoms with Crippen molar-refractivity contribution in [1.82, 2.24) is 4.90 Å². The molecule has 0 N–H and O–H groups in total. The third-order valence-electron chi connectivity index (χ3n) is 2.85. The van der Waals surface area contributed by atoms with Crippen molar-refractivity contribution in [3.05, 3.63) is 33.8 Å². The van der Waals surface area contributed by atoms with Crippen molar-refractivity contribution in [3.63, 3.8) is 0 Å². The van der Waals surface area contributed by atoms with Crippen molar-refractivity contribution >= 4 is 40.1 Å². The summed E-state index contributed by atoms with van der Waals surface area (Å²) < 4.78 is 0. The molecule has 0 spiro atoms. The predicted molar refractivity (Wildman–Crippen MR) is 70.7 cm³/mol. The van der Waals surface area contributed by atoms with Crippen LogP contribution < -0.4 is 0 Å². The van der Waals surface area contributed by atoms with Crippen molar-refractivity contribution in [1.29, 1.82) is 0 Å². The molecule has 1 atom stereocenters. The lowest BCUT2D eigenvalue weighted by molar-refractivity contribution is 0.464. The summed E-state index contributed by atoms with van der Waals surface area (Å²) in [6.45, 7) is 2.08. The number of halogens is 2. The highest BCUT2D eigenvalue weighted by Crippen LogP contribution is 2.34. The van der Waals surface area contributed by atoms with Crippen LogP contribution in [-0.4, -0.2) is 28.9 Å². The van der Waals surface area contributed by atoms with E-state index in [2.05, 4.69) is 4.90 Å². The lowest BCUT2D eigenvalue weighted by Crippen LogP contribution is -2.21. The molecule has 1 saturated heterocycles. The fourth-order valence-electron chi connectivity index (χ4n) is 2.00. The Morgan fingerprint density at radius 3 is 2.94 bits per heavy atom. The second-order valence-electron chi connectivity index (χ2n) is 3.90. The number of hydrogen-bond acceptors (Lipinski definition) is 3. The zero-order valence-corrected chi connectivity index (χ0v) is 10.8. The molecule has 0 radical (unpaired) electrons. The predicted octanol–water partition coefficient (Wildman–Crippen LogP) is 3.45. The van der Waals surface area contributed by atoms with Gasteiger partial charge in [-0.2, -0.15) is 0 Å². The molecule has 0 aromatic heterocycles. The number of rotatable bonds is 1. The van der Waals surface area contributed by atoms with Crippen LogP contribution in [0.25, 0.3) is 0 Å². The largest absolute Gasteiger partial charge is 0.348 e. The van der Waals surface area contributed by atoms with Crippen LogP contribution in [0, 0.1) is 0 Å².